The molecule has 26 heavy (non-hydrogen) atoms. The SMILES string of the molecule is CCOC(=O)c1c(C)[nH]c(C(=O)N2CCCN(C(=O)OCC)CC2)c1C. The minimum atomic E-state index is -0.429. The van der Waals surface area contributed by atoms with Crippen molar-refractivity contribution in [3.63, 3.8) is 0 Å². The molecule has 2 amide bonds. The number of H-pyrrole nitrogens is 1. The normalized spacial score (nSPS) is 14.8. The largest absolute Gasteiger partial charge is 0.462 e. The molecule has 2 heterocycles. The molecule has 0 atom stereocenters. The zero-order valence-electron chi connectivity index (χ0n) is 15.9. The Hall–Kier alpha value is -2.51. The molecule has 1 aromatic rings. The lowest BCUT2D eigenvalue weighted by Crippen LogP contribution is -2.37. The van der Waals surface area contributed by atoms with E-state index in [1.54, 1.807) is 37.5 Å². The quantitative estimate of drug-likeness (QED) is 0.825. The first-order valence-electron chi connectivity index (χ1n) is 8.97. The molecule has 1 fully saturated rings. The average Bonchev–Trinajstić information content (AvgIpc) is 2.78. The Morgan fingerprint density at radius 1 is 0.962 bits per heavy atom. The molecule has 0 aromatic carbocycles. The third-order valence-corrected chi connectivity index (χ3v) is 4.44. The highest BCUT2D eigenvalue weighted by Crippen LogP contribution is 2.21. The van der Waals surface area contributed by atoms with Gasteiger partial charge >= 0.3 is 12.1 Å². The predicted molar refractivity (Wildman–Crippen MR) is 95.3 cm³/mol. The first-order valence-corrected chi connectivity index (χ1v) is 8.97. The van der Waals surface area contributed by atoms with Crippen LogP contribution in [-0.4, -0.2) is 72.1 Å². The van der Waals surface area contributed by atoms with Crippen LogP contribution in [0, 0.1) is 13.8 Å². The lowest BCUT2D eigenvalue weighted by atomic mass is 10.1. The van der Waals surface area contributed by atoms with Crippen molar-refractivity contribution in [1.29, 1.82) is 0 Å². The van der Waals surface area contributed by atoms with Crippen LogP contribution in [0.2, 0.25) is 0 Å². The fourth-order valence-corrected chi connectivity index (χ4v) is 3.15. The van der Waals surface area contributed by atoms with Crippen LogP contribution in [0.4, 0.5) is 4.79 Å². The summed E-state index contributed by atoms with van der Waals surface area (Å²) in [7, 11) is 0. The first kappa shape index (κ1) is 19.8. The number of carbonyl (C=O) groups excluding carboxylic acids is 3. The number of aromatic amines is 1. The average molecular weight is 365 g/mol. The number of aryl methyl sites for hydroxylation is 1. The molecule has 0 saturated carbocycles. The van der Waals surface area contributed by atoms with Gasteiger partial charge in [0.25, 0.3) is 5.91 Å². The van der Waals surface area contributed by atoms with Crippen LogP contribution in [0.1, 0.15) is 52.4 Å². The van der Waals surface area contributed by atoms with E-state index in [0.717, 1.165) is 0 Å². The van der Waals surface area contributed by atoms with E-state index in [1.165, 1.54) is 0 Å². The Bertz CT molecular complexity index is 683. The van der Waals surface area contributed by atoms with Gasteiger partial charge in [-0.15, -0.1) is 0 Å². The molecule has 1 aromatic heterocycles. The fraction of sp³-hybridized carbons (Fsp3) is 0.611. The Kier molecular flexibility index (Phi) is 6.65. The second-order valence-electron chi connectivity index (χ2n) is 6.18. The van der Waals surface area contributed by atoms with Gasteiger partial charge in [0.05, 0.1) is 18.8 Å². The molecule has 144 valence electrons. The maximum Gasteiger partial charge on any atom is 0.409 e. The van der Waals surface area contributed by atoms with Gasteiger partial charge in [0.2, 0.25) is 0 Å². The van der Waals surface area contributed by atoms with Crippen LogP contribution in [0.25, 0.3) is 0 Å². The zero-order chi connectivity index (χ0) is 19.3. The Balaban J connectivity index is 2.13. The lowest BCUT2D eigenvalue weighted by Gasteiger charge is -2.21. The molecule has 0 bridgehead atoms. The molecule has 1 saturated heterocycles. The molecular weight excluding hydrogens is 338 g/mol. The first-order chi connectivity index (χ1) is 12.4. The van der Waals surface area contributed by atoms with Gasteiger partial charge < -0.3 is 24.3 Å². The maximum absolute atomic E-state index is 12.9. The molecule has 8 heteroatoms. The lowest BCUT2D eigenvalue weighted by molar-refractivity contribution is 0.0525. The van der Waals surface area contributed by atoms with Gasteiger partial charge in [0.15, 0.2) is 0 Å². The van der Waals surface area contributed by atoms with Crippen LogP contribution in [0.5, 0.6) is 0 Å². The molecule has 0 unspecified atom stereocenters. The number of rotatable bonds is 4. The number of amides is 2. The zero-order valence-corrected chi connectivity index (χ0v) is 15.9. The van der Waals surface area contributed by atoms with E-state index in [9.17, 15) is 14.4 Å². The summed E-state index contributed by atoms with van der Waals surface area (Å²) >= 11 is 0. The standard InChI is InChI=1S/C18H27N3O5/c1-5-25-17(23)14-12(3)15(19-13(14)4)16(22)20-8-7-9-21(11-10-20)18(24)26-6-2/h19H,5-11H2,1-4H3. The highest BCUT2D eigenvalue weighted by molar-refractivity contribution is 6.00. The van der Waals surface area contributed by atoms with E-state index in [-0.39, 0.29) is 18.6 Å². The van der Waals surface area contributed by atoms with Crippen LogP contribution >= 0.6 is 0 Å². The summed E-state index contributed by atoms with van der Waals surface area (Å²) in [6.45, 7) is 9.55. The van der Waals surface area contributed by atoms with Gasteiger partial charge in [-0.05, 0) is 39.7 Å². The molecule has 8 nitrogen and oxygen atoms in total. The van der Waals surface area contributed by atoms with Crippen LogP contribution < -0.4 is 0 Å². The summed E-state index contributed by atoms with van der Waals surface area (Å²) in [5.74, 6) is -0.603. The summed E-state index contributed by atoms with van der Waals surface area (Å²) in [5.41, 5.74) is 2.03. The van der Waals surface area contributed by atoms with Crippen molar-refractivity contribution < 1.29 is 23.9 Å². The summed E-state index contributed by atoms with van der Waals surface area (Å²) in [4.78, 5) is 43.3. The predicted octanol–water partition coefficient (Wildman–Crippen LogP) is 2.11. The molecule has 2 rings (SSSR count). The Morgan fingerprint density at radius 3 is 2.23 bits per heavy atom. The van der Waals surface area contributed by atoms with Crippen molar-refractivity contribution in [2.24, 2.45) is 0 Å². The van der Waals surface area contributed by atoms with E-state index in [0.29, 0.717) is 61.7 Å². The second kappa shape index (κ2) is 8.73. The summed E-state index contributed by atoms with van der Waals surface area (Å²) in [6.07, 6.45) is 0.326. The number of esters is 1. The molecule has 1 aliphatic heterocycles. The Labute approximate surface area is 153 Å². The monoisotopic (exact) mass is 365 g/mol. The van der Waals surface area contributed by atoms with Crippen molar-refractivity contribution in [2.45, 2.75) is 34.1 Å². The number of aromatic nitrogens is 1. The van der Waals surface area contributed by atoms with E-state index in [1.807, 2.05) is 0 Å². The van der Waals surface area contributed by atoms with Crippen molar-refractivity contribution in [3.8, 4) is 0 Å². The molecule has 1 aliphatic rings. The number of carbonyl (C=O) groups is 3. The van der Waals surface area contributed by atoms with E-state index in [2.05, 4.69) is 4.98 Å². The van der Waals surface area contributed by atoms with Crippen molar-refractivity contribution >= 4 is 18.0 Å². The van der Waals surface area contributed by atoms with Gasteiger partial charge in [-0.2, -0.15) is 0 Å². The highest BCUT2D eigenvalue weighted by atomic mass is 16.6. The minimum Gasteiger partial charge on any atom is -0.462 e. The van der Waals surface area contributed by atoms with Crippen LogP contribution in [0.3, 0.4) is 0 Å². The smallest absolute Gasteiger partial charge is 0.409 e. The van der Waals surface area contributed by atoms with Gasteiger partial charge in [-0.25, -0.2) is 9.59 Å². The molecule has 0 radical (unpaired) electrons. The molecule has 0 aliphatic carbocycles. The maximum atomic E-state index is 12.9. The fourth-order valence-electron chi connectivity index (χ4n) is 3.15. The van der Waals surface area contributed by atoms with Crippen molar-refractivity contribution in [2.75, 3.05) is 39.4 Å². The van der Waals surface area contributed by atoms with Crippen LogP contribution in [0.15, 0.2) is 0 Å². The minimum absolute atomic E-state index is 0.174. The molecular formula is C18H27N3O5. The van der Waals surface area contributed by atoms with E-state index < -0.39 is 5.97 Å². The topological polar surface area (TPSA) is 91.9 Å². The second-order valence-corrected chi connectivity index (χ2v) is 6.18. The number of hydrogen-bond donors (Lipinski definition) is 1. The summed E-state index contributed by atoms with van der Waals surface area (Å²) < 4.78 is 10.1. The number of nitrogens with one attached hydrogen (secondary N) is 1. The van der Waals surface area contributed by atoms with Gasteiger partial charge in [0.1, 0.15) is 5.69 Å². The van der Waals surface area contributed by atoms with E-state index >= 15 is 0 Å². The summed E-state index contributed by atoms with van der Waals surface area (Å²) in [5, 5.41) is 0. The Morgan fingerprint density at radius 2 is 1.58 bits per heavy atom. The van der Waals surface area contributed by atoms with Gasteiger partial charge in [-0.3, -0.25) is 4.79 Å². The summed E-state index contributed by atoms with van der Waals surface area (Å²) in [6, 6.07) is 0. The molecule has 1 N–H and O–H groups in total. The van der Waals surface area contributed by atoms with Crippen LogP contribution in [-0.2, 0) is 9.47 Å². The van der Waals surface area contributed by atoms with E-state index in [4.69, 9.17) is 9.47 Å². The molecule has 0 spiro atoms. The number of hydrogen-bond acceptors (Lipinski definition) is 5. The third-order valence-electron chi connectivity index (χ3n) is 4.44. The highest BCUT2D eigenvalue weighted by Gasteiger charge is 2.28. The third kappa shape index (κ3) is 4.17. The van der Waals surface area contributed by atoms with Gasteiger partial charge in [0, 0.05) is 31.9 Å². The van der Waals surface area contributed by atoms with Gasteiger partial charge in [-0.1, -0.05) is 0 Å². The van der Waals surface area contributed by atoms with Crippen molar-refractivity contribution in [3.05, 3.63) is 22.5 Å². The number of nitrogens with zero attached hydrogens (tertiary/aromatic N) is 2. The van der Waals surface area contributed by atoms with Crippen molar-refractivity contribution in [1.82, 2.24) is 14.8 Å². The number of ether oxygens (including phenoxy) is 2.